The van der Waals surface area contributed by atoms with E-state index in [1.165, 1.54) is 18.3 Å². The summed E-state index contributed by atoms with van der Waals surface area (Å²) in [5.41, 5.74) is 11.3. The molecule has 0 fully saturated rings. The number of amidine groups is 1. The highest BCUT2D eigenvalue weighted by Gasteiger charge is 2.38. The summed E-state index contributed by atoms with van der Waals surface area (Å²) in [7, 11) is 0. The molecule has 2 amide bonds. The molecule has 0 bridgehead atoms. The Morgan fingerprint density at radius 3 is 2.20 bits per heavy atom. The number of anilines is 1. The van der Waals surface area contributed by atoms with Gasteiger partial charge in [-0.3, -0.25) is 25.8 Å². The number of ether oxygens (including phenoxy) is 2. The van der Waals surface area contributed by atoms with Crippen LogP contribution in [0.4, 0.5) is 23.2 Å². The first-order chi connectivity index (χ1) is 20.6. The molecule has 0 aliphatic rings. The van der Waals surface area contributed by atoms with Crippen molar-refractivity contribution in [3.63, 3.8) is 0 Å². The zero-order valence-electron chi connectivity index (χ0n) is 23.7. The number of hydrogen-bond acceptors (Lipinski definition) is 8. The Morgan fingerprint density at radius 2 is 1.68 bits per heavy atom. The van der Waals surface area contributed by atoms with Crippen molar-refractivity contribution >= 4 is 29.3 Å². The van der Waals surface area contributed by atoms with Crippen molar-refractivity contribution in [2.45, 2.75) is 39.1 Å². The molecule has 0 radical (unpaired) electrons. The average Bonchev–Trinajstić information content (AvgIpc) is 2.95. The van der Waals surface area contributed by atoms with E-state index in [-0.39, 0.29) is 17.5 Å². The molecule has 3 rings (SSSR count). The normalized spacial score (nSPS) is 11.4. The molecule has 12 nitrogen and oxygen atoms in total. The van der Waals surface area contributed by atoms with Gasteiger partial charge in [0.2, 0.25) is 5.95 Å². The van der Waals surface area contributed by atoms with Gasteiger partial charge in [-0.1, -0.05) is 6.07 Å². The number of hydrazine groups is 1. The number of benzene rings is 2. The molecule has 0 saturated heterocycles. The van der Waals surface area contributed by atoms with E-state index >= 15 is 0 Å². The van der Waals surface area contributed by atoms with Crippen molar-refractivity contribution in [3.05, 3.63) is 83.4 Å². The van der Waals surface area contributed by atoms with E-state index in [4.69, 9.17) is 30.5 Å². The number of halogens is 4. The van der Waals surface area contributed by atoms with Gasteiger partial charge >= 0.3 is 12.1 Å². The van der Waals surface area contributed by atoms with Crippen molar-refractivity contribution in [3.8, 4) is 11.5 Å². The van der Waals surface area contributed by atoms with Crippen LogP contribution in [0.1, 0.15) is 48.3 Å². The van der Waals surface area contributed by atoms with Gasteiger partial charge in [0.05, 0.1) is 18.3 Å². The lowest BCUT2D eigenvalue weighted by Crippen LogP contribution is -2.45. The van der Waals surface area contributed by atoms with E-state index in [9.17, 15) is 27.2 Å². The van der Waals surface area contributed by atoms with Crippen molar-refractivity contribution in [2.24, 2.45) is 5.73 Å². The Bertz CT molecular complexity index is 1470. The van der Waals surface area contributed by atoms with Crippen molar-refractivity contribution in [1.82, 2.24) is 15.8 Å². The van der Waals surface area contributed by atoms with Gasteiger partial charge in [-0.15, -0.1) is 0 Å². The predicted molar refractivity (Wildman–Crippen MR) is 151 cm³/mol. The fourth-order valence-electron chi connectivity index (χ4n) is 3.35. The quantitative estimate of drug-likeness (QED) is 0.0640. The Balaban J connectivity index is 0.000000860. The monoisotopic (exact) mass is 622 g/mol. The van der Waals surface area contributed by atoms with Crippen LogP contribution in [0.3, 0.4) is 0 Å². The van der Waals surface area contributed by atoms with Gasteiger partial charge in [0, 0.05) is 17.4 Å². The fourth-order valence-corrected chi connectivity index (χ4v) is 3.35. The van der Waals surface area contributed by atoms with Crippen LogP contribution in [0.5, 0.6) is 11.5 Å². The number of carboxylic acid groups (broad SMARTS) is 1. The third-order valence-corrected chi connectivity index (χ3v) is 5.28. The van der Waals surface area contributed by atoms with Gasteiger partial charge in [0.25, 0.3) is 11.8 Å². The summed E-state index contributed by atoms with van der Waals surface area (Å²) in [6, 6.07) is 13.3. The van der Waals surface area contributed by atoms with E-state index in [2.05, 4.69) is 21.2 Å². The number of nitrogens with two attached hydrogens (primary N) is 1. The van der Waals surface area contributed by atoms with E-state index in [0.29, 0.717) is 34.9 Å². The summed E-state index contributed by atoms with van der Waals surface area (Å²) in [4.78, 5) is 38.0. The number of amides is 2. The number of pyridine rings is 1. The molecule has 0 spiro atoms. The molecule has 1 heterocycles. The van der Waals surface area contributed by atoms with Gasteiger partial charge in [-0.05, 0) is 74.9 Å². The van der Waals surface area contributed by atoms with E-state index < -0.39 is 35.9 Å². The van der Waals surface area contributed by atoms with Crippen LogP contribution in [-0.2, 0) is 9.59 Å². The van der Waals surface area contributed by atoms with Crippen LogP contribution in [0.25, 0.3) is 0 Å². The zero-order chi connectivity index (χ0) is 33.0. The first-order valence-electron chi connectivity index (χ1n) is 12.8. The number of nitrogen functional groups attached to an aromatic ring is 1. The minimum Gasteiger partial charge on any atom is -0.490 e. The van der Waals surface area contributed by atoms with Crippen LogP contribution >= 0.6 is 0 Å². The number of aromatic nitrogens is 1. The third-order valence-electron chi connectivity index (χ3n) is 5.28. The van der Waals surface area contributed by atoms with Gasteiger partial charge in [-0.25, -0.2) is 9.78 Å². The number of nitrogens with zero attached hydrogens (tertiary/aromatic N) is 1. The second-order valence-corrected chi connectivity index (χ2v) is 8.96. The molecular formula is C28H30F4N6O6. The topological polar surface area (TPSA) is 189 Å². The minimum absolute atomic E-state index is 0.0895. The number of aliphatic carboxylic acids is 1. The van der Waals surface area contributed by atoms with Crippen LogP contribution in [0.2, 0.25) is 0 Å². The van der Waals surface area contributed by atoms with Crippen LogP contribution in [-0.4, -0.2) is 52.6 Å². The Hall–Kier alpha value is -5.41. The Morgan fingerprint density at radius 1 is 1.05 bits per heavy atom. The number of rotatable bonds is 10. The average molecular weight is 623 g/mol. The lowest BCUT2D eigenvalue weighted by Gasteiger charge is -2.22. The van der Waals surface area contributed by atoms with E-state index in [0.717, 1.165) is 0 Å². The molecule has 16 heteroatoms. The molecule has 0 aliphatic carbocycles. The fraction of sp³-hybridized carbons (Fsp3) is 0.250. The zero-order valence-corrected chi connectivity index (χ0v) is 23.7. The Kier molecular flexibility index (Phi) is 12.4. The number of alkyl halides is 3. The highest BCUT2D eigenvalue weighted by Crippen LogP contribution is 2.33. The number of nitrogens with one attached hydrogen (secondary N) is 4. The minimum atomic E-state index is -5.08. The molecule has 1 unspecified atom stereocenters. The largest absolute Gasteiger partial charge is 0.490 e. The molecular weight excluding hydrogens is 592 g/mol. The summed E-state index contributed by atoms with van der Waals surface area (Å²) >= 11 is 0. The summed E-state index contributed by atoms with van der Waals surface area (Å²) in [5.74, 6) is -4.34. The number of carbonyl (C=O) groups is 3. The molecule has 1 atom stereocenters. The second kappa shape index (κ2) is 15.7. The maximum atomic E-state index is 13.9. The summed E-state index contributed by atoms with van der Waals surface area (Å²) in [5, 5.41) is 17.8. The third kappa shape index (κ3) is 10.5. The Labute approximate surface area is 249 Å². The molecule has 1 aromatic heterocycles. The van der Waals surface area contributed by atoms with Crippen LogP contribution < -0.4 is 31.4 Å². The number of hydrogen-bond donors (Lipinski definition) is 6. The summed E-state index contributed by atoms with van der Waals surface area (Å²) in [6.07, 6.45) is -3.96. The highest BCUT2D eigenvalue weighted by atomic mass is 19.4. The van der Waals surface area contributed by atoms with Gasteiger partial charge in [0.15, 0.2) is 11.5 Å². The maximum Gasteiger partial charge on any atom is 0.490 e. The predicted octanol–water partition coefficient (Wildman–Crippen LogP) is 3.94. The standard InChI is InChI=1S/C26H29FN6O4.C2HF3O2/c1-4-36-21-14-17(9-12-20(21)37-15(2)3)22(31-18-10-7-16(8-11-18)24(28)29)26(35)33-32-25(34)19-6-5-13-30-23(19)27;3-2(4,5)1(6)7/h5-15,22,31H,4H2,1-3H3,(H3,28,29)(H,32,34)(H,33,35);(H,6,7). The summed E-state index contributed by atoms with van der Waals surface area (Å²) in [6.45, 7) is 5.99. The smallest absolute Gasteiger partial charge is 0.490 e. The molecule has 0 aliphatic heterocycles. The van der Waals surface area contributed by atoms with E-state index in [1.807, 2.05) is 20.8 Å². The number of carboxylic acids is 1. The molecule has 2 aromatic carbocycles. The summed E-state index contributed by atoms with van der Waals surface area (Å²) < 4.78 is 57.1. The van der Waals surface area contributed by atoms with Crippen molar-refractivity contribution in [1.29, 1.82) is 5.41 Å². The molecule has 0 saturated carbocycles. The molecule has 3 aromatic rings. The first-order valence-corrected chi connectivity index (χ1v) is 12.8. The lowest BCUT2D eigenvalue weighted by atomic mass is 10.0. The van der Waals surface area contributed by atoms with Gasteiger partial charge < -0.3 is 25.6 Å². The first kappa shape index (κ1) is 34.8. The van der Waals surface area contributed by atoms with Crippen molar-refractivity contribution in [2.75, 3.05) is 11.9 Å². The number of carbonyl (C=O) groups excluding carboxylic acids is 2. The molecule has 7 N–H and O–H groups in total. The van der Waals surface area contributed by atoms with Crippen LogP contribution in [0, 0.1) is 11.4 Å². The lowest BCUT2D eigenvalue weighted by molar-refractivity contribution is -0.192. The van der Waals surface area contributed by atoms with E-state index in [1.54, 1.807) is 42.5 Å². The van der Waals surface area contributed by atoms with Gasteiger partial charge in [-0.2, -0.15) is 17.6 Å². The SMILES string of the molecule is CCOc1cc(C(Nc2ccc(C(=N)N)cc2)C(=O)NNC(=O)c2cccnc2F)ccc1OC(C)C.O=C(O)C(F)(F)F. The van der Waals surface area contributed by atoms with Crippen LogP contribution in [0.15, 0.2) is 60.8 Å². The molecule has 236 valence electrons. The molecule has 44 heavy (non-hydrogen) atoms. The maximum absolute atomic E-state index is 13.9. The van der Waals surface area contributed by atoms with Crippen molar-refractivity contribution < 1.29 is 46.5 Å². The highest BCUT2D eigenvalue weighted by molar-refractivity contribution is 5.97. The second-order valence-electron chi connectivity index (χ2n) is 8.96. The van der Waals surface area contributed by atoms with Gasteiger partial charge in [0.1, 0.15) is 11.9 Å².